The van der Waals surface area contributed by atoms with Crippen LogP contribution in [0, 0.1) is 0 Å². The second kappa shape index (κ2) is 14.2. The van der Waals surface area contributed by atoms with E-state index in [1.54, 1.807) is 0 Å². The number of ketones is 2. The Bertz CT molecular complexity index is 187. The van der Waals surface area contributed by atoms with Gasteiger partial charge in [0.1, 0.15) is 29.9 Å². The SMILES string of the molecule is CC(C)=O.CC(C)=O.OC[C@@H](O)[C@H](O)[C@@H](O)CO. The minimum absolute atomic E-state index is 0.167. The molecule has 5 N–H and O–H groups in total. The zero-order valence-electron chi connectivity index (χ0n) is 11.2. The lowest BCUT2D eigenvalue weighted by Crippen LogP contribution is -2.41. The highest BCUT2D eigenvalue weighted by molar-refractivity contribution is 5.72. The topological polar surface area (TPSA) is 135 Å². The number of carbonyl (C=O) groups is 2. The molecule has 0 aromatic heterocycles. The van der Waals surface area contributed by atoms with E-state index in [0.29, 0.717) is 0 Å². The Hall–Kier alpha value is -0.860. The first-order valence-electron chi connectivity index (χ1n) is 5.30. The van der Waals surface area contributed by atoms with Crippen LogP contribution in [0.3, 0.4) is 0 Å². The molecule has 0 saturated heterocycles. The summed E-state index contributed by atoms with van der Waals surface area (Å²) in [4.78, 5) is 18.9. The van der Waals surface area contributed by atoms with Gasteiger partial charge in [-0.05, 0) is 27.7 Å². The molecule has 0 spiro atoms. The molecule has 0 heterocycles. The van der Waals surface area contributed by atoms with Gasteiger partial charge in [-0.2, -0.15) is 0 Å². The maximum absolute atomic E-state index is 9.44. The van der Waals surface area contributed by atoms with Crippen molar-refractivity contribution in [2.45, 2.75) is 46.0 Å². The number of hydrogen-bond acceptors (Lipinski definition) is 7. The summed E-state index contributed by atoms with van der Waals surface area (Å²) in [6, 6.07) is 0. The van der Waals surface area contributed by atoms with Crippen LogP contribution in [0.4, 0.5) is 0 Å². The predicted octanol–water partition coefficient (Wildman–Crippen LogP) is -1.76. The van der Waals surface area contributed by atoms with Crippen LogP contribution in [0.2, 0.25) is 0 Å². The lowest BCUT2D eigenvalue weighted by atomic mass is 10.1. The fraction of sp³-hybridized carbons (Fsp3) is 0.818. The third kappa shape index (κ3) is 24.4. The smallest absolute Gasteiger partial charge is 0.126 e. The Morgan fingerprint density at radius 2 is 0.944 bits per heavy atom. The summed E-state index contributed by atoms with van der Waals surface area (Å²) in [6.07, 6.45) is -4.29. The first-order valence-corrected chi connectivity index (χ1v) is 5.30. The van der Waals surface area contributed by atoms with Crippen molar-refractivity contribution >= 4 is 11.6 Å². The Kier molecular flexibility index (Phi) is 17.6. The van der Waals surface area contributed by atoms with E-state index in [1.807, 2.05) is 0 Å². The summed E-state index contributed by atoms with van der Waals surface area (Å²) in [5, 5.41) is 42.6. The molecule has 0 bridgehead atoms. The van der Waals surface area contributed by atoms with Crippen molar-refractivity contribution in [3.63, 3.8) is 0 Å². The van der Waals surface area contributed by atoms with Crippen molar-refractivity contribution in [3.05, 3.63) is 0 Å². The molecule has 0 amide bonds. The largest absolute Gasteiger partial charge is 0.394 e. The molecule has 0 aliphatic carbocycles. The number of Topliss-reactive ketones (excluding diaryl/α,β-unsaturated/α-hetero) is 2. The standard InChI is InChI=1S/C5H12O5.2C3H6O/c6-1-3(8)5(10)4(9)2-7;2*1-3(2)4/h3-10H,1-2H2;2*1-2H3/t3-,4+,5+;;. The van der Waals surface area contributed by atoms with Crippen LogP contribution in [0.15, 0.2) is 0 Å². The number of carbonyl (C=O) groups excluding carboxylic acids is 2. The van der Waals surface area contributed by atoms with E-state index in [0.717, 1.165) is 0 Å². The van der Waals surface area contributed by atoms with Crippen molar-refractivity contribution in [2.24, 2.45) is 0 Å². The van der Waals surface area contributed by atoms with E-state index in [9.17, 15) is 9.59 Å². The summed E-state index contributed by atoms with van der Waals surface area (Å²) >= 11 is 0. The summed E-state index contributed by atoms with van der Waals surface area (Å²) in [7, 11) is 0. The van der Waals surface area contributed by atoms with E-state index in [4.69, 9.17) is 25.5 Å². The third-order valence-corrected chi connectivity index (χ3v) is 1.16. The summed E-state index contributed by atoms with van der Waals surface area (Å²) in [5.41, 5.74) is 0. The first-order chi connectivity index (χ1) is 8.09. The van der Waals surface area contributed by atoms with E-state index in [-0.39, 0.29) is 11.6 Å². The molecule has 0 rings (SSSR count). The average Bonchev–Trinajstić information content (AvgIpc) is 2.24. The molecule has 0 aliphatic heterocycles. The molecule has 7 heteroatoms. The first kappa shape index (κ1) is 22.3. The van der Waals surface area contributed by atoms with Crippen molar-refractivity contribution < 1.29 is 35.1 Å². The molecule has 0 aliphatic rings. The van der Waals surface area contributed by atoms with E-state index in [2.05, 4.69) is 0 Å². The van der Waals surface area contributed by atoms with E-state index >= 15 is 0 Å². The van der Waals surface area contributed by atoms with Crippen LogP contribution in [0.25, 0.3) is 0 Å². The summed E-state index contributed by atoms with van der Waals surface area (Å²) < 4.78 is 0. The highest BCUT2D eigenvalue weighted by Crippen LogP contribution is 1.97. The van der Waals surface area contributed by atoms with Crippen LogP contribution in [-0.2, 0) is 9.59 Å². The second-order valence-corrected chi connectivity index (χ2v) is 3.81. The van der Waals surface area contributed by atoms with Crippen molar-refractivity contribution in [1.29, 1.82) is 0 Å². The van der Waals surface area contributed by atoms with Gasteiger partial charge in [0.2, 0.25) is 0 Å². The van der Waals surface area contributed by atoms with E-state index in [1.165, 1.54) is 27.7 Å². The molecular formula is C11H24O7. The van der Waals surface area contributed by atoms with Gasteiger partial charge in [0, 0.05) is 0 Å². The molecule has 110 valence electrons. The second-order valence-electron chi connectivity index (χ2n) is 3.81. The molecule has 3 atom stereocenters. The van der Waals surface area contributed by atoms with Crippen LogP contribution in [-0.4, -0.2) is 68.6 Å². The fourth-order valence-corrected chi connectivity index (χ4v) is 0.472. The Morgan fingerprint density at radius 1 is 0.778 bits per heavy atom. The van der Waals surface area contributed by atoms with Gasteiger partial charge >= 0.3 is 0 Å². The summed E-state index contributed by atoms with van der Waals surface area (Å²) in [6.45, 7) is 4.83. The number of aliphatic hydroxyl groups is 5. The molecule has 0 fully saturated rings. The summed E-state index contributed by atoms with van der Waals surface area (Å²) in [5.74, 6) is 0.333. The quantitative estimate of drug-likeness (QED) is 0.407. The van der Waals surface area contributed by atoms with Crippen LogP contribution < -0.4 is 0 Å². The van der Waals surface area contributed by atoms with E-state index < -0.39 is 31.5 Å². The van der Waals surface area contributed by atoms with Crippen molar-refractivity contribution in [3.8, 4) is 0 Å². The van der Waals surface area contributed by atoms with Gasteiger partial charge in [-0.1, -0.05) is 0 Å². The number of rotatable bonds is 4. The van der Waals surface area contributed by atoms with Gasteiger partial charge in [-0.25, -0.2) is 0 Å². The van der Waals surface area contributed by atoms with Gasteiger partial charge in [-0.15, -0.1) is 0 Å². The molecule has 0 aromatic carbocycles. The van der Waals surface area contributed by atoms with Crippen molar-refractivity contribution in [1.82, 2.24) is 0 Å². The fourth-order valence-electron chi connectivity index (χ4n) is 0.472. The number of aliphatic hydroxyl groups excluding tert-OH is 5. The molecule has 18 heavy (non-hydrogen) atoms. The normalized spacial score (nSPS) is 14.1. The molecule has 0 aromatic rings. The van der Waals surface area contributed by atoms with Crippen LogP contribution in [0.5, 0.6) is 0 Å². The van der Waals surface area contributed by atoms with Gasteiger partial charge < -0.3 is 35.1 Å². The molecule has 0 unspecified atom stereocenters. The zero-order chi connectivity index (χ0) is 15.3. The van der Waals surface area contributed by atoms with Crippen LogP contribution >= 0.6 is 0 Å². The third-order valence-electron chi connectivity index (χ3n) is 1.16. The zero-order valence-corrected chi connectivity index (χ0v) is 11.2. The van der Waals surface area contributed by atoms with Gasteiger partial charge in [0.15, 0.2) is 0 Å². The van der Waals surface area contributed by atoms with Crippen molar-refractivity contribution in [2.75, 3.05) is 13.2 Å². The molecule has 7 nitrogen and oxygen atoms in total. The van der Waals surface area contributed by atoms with Gasteiger partial charge in [0.05, 0.1) is 13.2 Å². The molecule has 0 radical (unpaired) electrons. The minimum atomic E-state index is -1.49. The minimum Gasteiger partial charge on any atom is -0.394 e. The highest BCUT2D eigenvalue weighted by atomic mass is 16.4. The maximum Gasteiger partial charge on any atom is 0.126 e. The lowest BCUT2D eigenvalue weighted by Gasteiger charge is -2.19. The predicted molar refractivity (Wildman–Crippen MR) is 64.9 cm³/mol. The molecular weight excluding hydrogens is 244 g/mol. The van der Waals surface area contributed by atoms with Crippen LogP contribution in [0.1, 0.15) is 27.7 Å². The maximum atomic E-state index is 9.44. The Balaban J connectivity index is -0.000000233. The Morgan fingerprint density at radius 3 is 1.06 bits per heavy atom. The molecule has 0 saturated carbocycles. The van der Waals surface area contributed by atoms with Gasteiger partial charge in [0.25, 0.3) is 0 Å². The monoisotopic (exact) mass is 268 g/mol. The lowest BCUT2D eigenvalue weighted by molar-refractivity contribution is -0.115. The number of hydrogen-bond donors (Lipinski definition) is 5. The van der Waals surface area contributed by atoms with Gasteiger partial charge in [-0.3, -0.25) is 0 Å². The Labute approximate surface area is 107 Å². The average molecular weight is 268 g/mol. The highest BCUT2D eigenvalue weighted by Gasteiger charge is 2.22.